The van der Waals surface area contributed by atoms with Crippen LogP contribution in [0.1, 0.15) is 32.0 Å². The Kier molecular flexibility index (Phi) is 5.22. The van der Waals surface area contributed by atoms with Gasteiger partial charge in [0, 0.05) is 31.7 Å². The third-order valence-electron chi connectivity index (χ3n) is 5.08. The van der Waals surface area contributed by atoms with Gasteiger partial charge in [0.1, 0.15) is 5.82 Å². The van der Waals surface area contributed by atoms with E-state index in [4.69, 9.17) is 16.6 Å². The first-order chi connectivity index (χ1) is 13.5. The number of halogens is 1. The molecule has 1 aliphatic heterocycles. The van der Waals surface area contributed by atoms with Gasteiger partial charge >= 0.3 is 6.03 Å². The second kappa shape index (κ2) is 7.80. The third kappa shape index (κ3) is 3.69. The van der Waals surface area contributed by atoms with Gasteiger partial charge < -0.3 is 14.8 Å². The number of para-hydroxylation sites is 1. The number of pyridine rings is 1. The van der Waals surface area contributed by atoms with Gasteiger partial charge in [0.25, 0.3) is 0 Å². The summed E-state index contributed by atoms with van der Waals surface area (Å²) >= 11 is 6.16. The lowest BCUT2D eigenvalue weighted by Crippen LogP contribution is -2.33. The van der Waals surface area contributed by atoms with Crippen molar-refractivity contribution in [2.24, 2.45) is 5.92 Å². The highest BCUT2D eigenvalue weighted by Gasteiger charge is 2.31. The van der Waals surface area contributed by atoms with Crippen molar-refractivity contribution in [2.45, 2.75) is 32.7 Å². The molecule has 0 saturated carbocycles. The zero-order valence-electron chi connectivity index (χ0n) is 16.1. The molecule has 1 unspecified atom stereocenters. The van der Waals surface area contributed by atoms with Crippen LogP contribution in [0.3, 0.4) is 0 Å². The molecule has 1 fully saturated rings. The normalized spacial score (nSPS) is 16.9. The fourth-order valence-electron chi connectivity index (χ4n) is 3.77. The molecule has 3 aromatic rings. The lowest BCUT2D eigenvalue weighted by atomic mass is 10.1. The molecule has 0 radical (unpaired) electrons. The maximum Gasteiger partial charge on any atom is 0.321 e. The van der Waals surface area contributed by atoms with Crippen LogP contribution in [0.4, 0.5) is 10.5 Å². The summed E-state index contributed by atoms with van der Waals surface area (Å²) in [6, 6.07) is 9.11. The second-order valence-electron chi connectivity index (χ2n) is 7.68. The average Bonchev–Trinajstić information content (AvgIpc) is 3.29. The molecule has 146 valence electrons. The average molecular weight is 398 g/mol. The molecule has 0 spiro atoms. The third-order valence-corrected chi connectivity index (χ3v) is 5.41. The van der Waals surface area contributed by atoms with Crippen molar-refractivity contribution >= 4 is 34.4 Å². The fourth-order valence-corrected chi connectivity index (χ4v) is 3.95. The quantitative estimate of drug-likeness (QED) is 0.690. The number of fused-ring (bicyclic) bond motifs is 1. The van der Waals surface area contributed by atoms with E-state index in [-0.39, 0.29) is 11.9 Å². The van der Waals surface area contributed by atoms with E-state index in [9.17, 15) is 4.79 Å². The number of hydrogen-bond donors (Lipinski definition) is 1. The largest absolute Gasteiger partial charge is 0.326 e. The summed E-state index contributed by atoms with van der Waals surface area (Å²) in [6.45, 7) is 6.63. The number of amides is 2. The van der Waals surface area contributed by atoms with Crippen molar-refractivity contribution in [3.05, 3.63) is 53.6 Å². The van der Waals surface area contributed by atoms with Crippen LogP contribution in [0.15, 0.2) is 42.7 Å². The van der Waals surface area contributed by atoms with E-state index < -0.39 is 0 Å². The molecule has 2 aromatic heterocycles. The fraction of sp³-hybridized carbons (Fsp3) is 0.381. The summed E-state index contributed by atoms with van der Waals surface area (Å²) in [6.07, 6.45) is 4.55. The molecule has 1 aromatic carbocycles. The van der Waals surface area contributed by atoms with Gasteiger partial charge in [-0.3, -0.25) is 4.98 Å². The standard InChI is InChI=1S/C21H24ClN5O/c1-14(2)12-27-19-11-23-9-7-18(19)24-20(27)15-8-10-26(13-15)21(28)25-17-6-4-3-5-16(17)22/h3-7,9,11,14-15H,8,10,12-13H2,1-2H3,(H,25,28). The number of carbonyl (C=O) groups excluding carboxylic acids is 1. The summed E-state index contributed by atoms with van der Waals surface area (Å²) in [5.41, 5.74) is 2.66. The first-order valence-corrected chi connectivity index (χ1v) is 10.0. The van der Waals surface area contributed by atoms with Gasteiger partial charge in [-0.25, -0.2) is 9.78 Å². The van der Waals surface area contributed by atoms with E-state index in [1.54, 1.807) is 12.3 Å². The summed E-state index contributed by atoms with van der Waals surface area (Å²) in [5.74, 6) is 1.75. The zero-order chi connectivity index (χ0) is 19.7. The van der Waals surface area contributed by atoms with E-state index in [0.29, 0.717) is 29.7 Å². The molecule has 6 nitrogen and oxygen atoms in total. The Hall–Kier alpha value is -2.60. The van der Waals surface area contributed by atoms with Crippen LogP contribution in [0, 0.1) is 5.92 Å². The number of nitrogens with zero attached hydrogens (tertiary/aromatic N) is 4. The van der Waals surface area contributed by atoms with Crippen molar-refractivity contribution in [3.63, 3.8) is 0 Å². The van der Waals surface area contributed by atoms with Gasteiger partial charge in [0.2, 0.25) is 0 Å². The van der Waals surface area contributed by atoms with Crippen LogP contribution in [0.2, 0.25) is 5.02 Å². The highest BCUT2D eigenvalue weighted by Crippen LogP contribution is 2.31. The molecule has 1 atom stereocenters. The minimum Gasteiger partial charge on any atom is -0.326 e. The predicted octanol–water partition coefficient (Wildman–Crippen LogP) is 4.76. The lowest BCUT2D eigenvalue weighted by Gasteiger charge is -2.19. The first kappa shape index (κ1) is 18.7. The molecule has 2 amide bonds. The molecular formula is C21H24ClN5O. The number of aromatic nitrogens is 3. The van der Waals surface area contributed by atoms with Crippen LogP contribution in [0.25, 0.3) is 11.0 Å². The van der Waals surface area contributed by atoms with E-state index in [0.717, 1.165) is 29.8 Å². The Bertz CT molecular complexity index is 999. The van der Waals surface area contributed by atoms with Crippen molar-refractivity contribution < 1.29 is 4.79 Å². The Morgan fingerprint density at radius 1 is 1.32 bits per heavy atom. The molecule has 7 heteroatoms. The number of nitrogens with one attached hydrogen (secondary N) is 1. The number of urea groups is 1. The number of hydrogen-bond acceptors (Lipinski definition) is 3. The summed E-state index contributed by atoms with van der Waals surface area (Å²) in [7, 11) is 0. The monoisotopic (exact) mass is 397 g/mol. The van der Waals surface area contributed by atoms with Crippen molar-refractivity contribution in [1.82, 2.24) is 19.4 Å². The first-order valence-electron chi connectivity index (χ1n) is 9.63. The minimum atomic E-state index is -0.121. The Morgan fingerprint density at radius 3 is 2.93 bits per heavy atom. The number of imidazole rings is 1. The summed E-state index contributed by atoms with van der Waals surface area (Å²) in [4.78, 5) is 23.7. The van der Waals surface area contributed by atoms with E-state index in [1.165, 1.54) is 0 Å². The van der Waals surface area contributed by atoms with Crippen LogP contribution >= 0.6 is 11.6 Å². The van der Waals surface area contributed by atoms with Crippen LogP contribution in [-0.4, -0.2) is 38.6 Å². The number of anilines is 1. The molecule has 4 rings (SSSR count). The molecule has 1 saturated heterocycles. The zero-order valence-corrected chi connectivity index (χ0v) is 16.9. The van der Waals surface area contributed by atoms with Gasteiger partial charge in [-0.2, -0.15) is 0 Å². The van der Waals surface area contributed by atoms with E-state index >= 15 is 0 Å². The Morgan fingerprint density at radius 2 is 2.14 bits per heavy atom. The van der Waals surface area contributed by atoms with E-state index in [2.05, 4.69) is 28.7 Å². The number of benzene rings is 1. The topological polar surface area (TPSA) is 63.1 Å². The number of likely N-dealkylation sites (tertiary alicyclic amines) is 1. The second-order valence-corrected chi connectivity index (χ2v) is 8.09. The van der Waals surface area contributed by atoms with Crippen molar-refractivity contribution in [3.8, 4) is 0 Å². The summed E-state index contributed by atoms with van der Waals surface area (Å²) in [5, 5.41) is 3.46. The molecule has 1 aliphatic rings. The maximum absolute atomic E-state index is 12.7. The molecule has 0 aliphatic carbocycles. The van der Waals surface area contributed by atoms with Gasteiger partial charge in [0.15, 0.2) is 0 Å². The van der Waals surface area contributed by atoms with Crippen molar-refractivity contribution in [2.75, 3.05) is 18.4 Å². The van der Waals surface area contributed by atoms with Gasteiger partial charge in [0.05, 0.1) is 27.9 Å². The van der Waals surface area contributed by atoms with Crippen molar-refractivity contribution in [1.29, 1.82) is 0 Å². The van der Waals surface area contributed by atoms with Crippen LogP contribution in [0.5, 0.6) is 0 Å². The molecule has 3 heterocycles. The highest BCUT2D eigenvalue weighted by molar-refractivity contribution is 6.33. The molecule has 28 heavy (non-hydrogen) atoms. The Labute approximate surface area is 169 Å². The summed E-state index contributed by atoms with van der Waals surface area (Å²) < 4.78 is 2.27. The van der Waals surface area contributed by atoms with Gasteiger partial charge in [-0.05, 0) is 30.5 Å². The van der Waals surface area contributed by atoms with Gasteiger partial charge in [-0.1, -0.05) is 37.6 Å². The molecule has 0 bridgehead atoms. The van der Waals surface area contributed by atoms with Crippen LogP contribution < -0.4 is 5.32 Å². The smallest absolute Gasteiger partial charge is 0.321 e. The van der Waals surface area contributed by atoms with Crippen LogP contribution in [-0.2, 0) is 6.54 Å². The number of carbonyl (C=O) groups is 1. The molecular weight excluding hydrogens is 374 g/mol. The SMILES string of the molecule is CC(C)Cn1c(C2CCN(C(=O)Nc3ccccc3Cl)C2)nc2ccncc21. The predicted molar refractivity (Wildman–Crippen MR) is 112 cm³/mol. The molecule has 1 N–H and O–H groups in total. The highest BCUT2D eigenvalue weighted by atomic mass is 35.5. The Balaban J connectivity index is 1.54. The maximum atomic E-state index is 12.7. The lowest BCUT2D eigenvalue weighted by molar-refractivity contribution is 0.222. The minimum absolute atomic E-state index is 0.121. The van der Waals surface area contributed by atoms with E-state index in [1.807, 2.05) is 35.4 Å². The number of rotatable bonds is 4. The van der Waals surface area contributed by atoms with Gasteiger partial charge in [-0.15, -0.1) is 0 Å².